The molecule has 1 aliphatic heterocycles. The van der Waals surface area contributed by atoms with Gasteiger partial charge in [-0.3, -0.25) is 4.57 Å². The maximum absolute atomic E-state index is 11.6. The van der Waals surface area contributed by atoms with Crippen molar-refractivity contribution in [3.05, 3.63) is 16.8 Å². The van der Waals surface area contributed by atoms with E-state index in [9.17, 15) is 9.90 Å². The number of nitrogen functional groups attached to an aromatic ring is 1. The molecule has 8 heteroatoms. The Kier molecular flexibility index (Phi) is 3.09. The Morgan fingerprint density at radius 1 is 1.65 bits per heavy atom. The van der Waals surface area contributed by atoms with Crippen LogP contribution in [0.5, 0.6) is 0 Å². The number of rotatable bonds is 2. The smallest absolute Gasteiger partial charge is 0.354 e. The molecule has 2 rings (SSSR count). The fourth-order valence-electron chi connectivity index (χ4n) is 1.89. The molecule has 1 aromatic rings. The minimum Gasteiger partial charge on any atom is -0.394 e. The van der Waals surface area contributed by atoms with Crippen LogP contribution in [-0.2, 0) is 4.74 Å². The van der Waals surface area contributed by atoms with Crippen LogP contribution in [0.15, 0.2) is 11.1 Å². The van der Waals surface area contributed by atoms with Crippen LogP contribution in [0.1, 0.15) is 13.2 Å². The molecule has 0 aliphatic carbocycles. The molecule has 4 atom stereocenters. The summed E-state index contributed by atoms with van der Waals surface area (Å²) in [6, 6.07) is 0. The van der Waals surface area contributed by atoms with E-state index < -0.39 is 24.1 Å². The van der Waals surface area contributed by atoms with Crippen LogP contribution in [0.2, 0.25) is 0 Å². The van der Waals surface area contributed by atoms with Crippen LogP contribution < -0.4 is 11.4 Å². The lowest BCUT2D eigenvalue weighted by Gasteiger charge is -2.17. The Hall–Kier alpha value is -1.51. The molecule has 0 bridgehead atoms. The summed E-state index contributed by atoms with van der Waals surface area (Å²) in [7, 11) is 0. The van der Waals surface area contributed by atoms with Crippen LogP contribution in [0.3, 0.4) is 0 Å². The molecule has 17 heavy (non-hydrogen) atoms. The first kappa shape index (κ1) is 12.0. The van der Waals surface area contributed by atoms with Crippen LogP contribution in [0.25, 0.3) is 0 Å². The van der Waals surface area contributed by atoms with Gasteiger partial charge in [-0.15, -0.1) is 0 Å². The van der Waals surface area contributed by atoms with Gasteiger partial charge < -0.3 is 20.7 Å². The minimum atomic E-state index is -0.838. The molecular formula is C9H14N4O4. The number of ether oxygens (including phenoxy) is 1. The second-order valence-electron chi connectivity index (χ2n) is 4.00. The molecule has 2 heterocycles. The van der Waals surface area contributed by atoms with E-state index in [4.69, 9.17) is 15.6 Å². The average Bonchev–Trinajstić information content (AvgIpc) is 2.57. The quantitative estimate of drug-likeness (QED) is 0.553. The van der Waals surface area contributed by atoms with Gasteiger partial charge in [0.05, 0.1) is 12.7 Å². The summed E-state index contributed by atoms with van der Waals surface area (Å²) in [6.45, 7) is 1.40. The number of hydrogen-bond acceptors (Lipinski definition) is 7. The van der Waals surface area contributed by atoms with Crippen molar-refractivity contribution in [1.29, 1.82) is 0 Å². The van der Waals surface area contributed by atoms with Crippen molar-refractivity contribution in [2.45, 2.75) is 25.4 Å². The van der Waals surface area contributed by atoms with E-state index in [2.05, 4.69) is 9.97 Å². The van der Waals surface area contributed by atoms with Crippen molar-refractivity contribution in [2.75, 3.05) is 12.3 Å². The number of aliphatic hydroxyl groups is 2. The summed E-state index contributed by atoms with van der Waals surface area (Å²) in [5.74, 6) is -0.465. The molecule has 1 saturated heterocycles. The van der Waals surface area contributed by atoms with Crippen molar-refractivity contribution in [2.24, 2.45) is 5.92 Å². The van der Waals surface area contributed by atoms with Gasteiger partial charge in [-0.05, 0) is 0 Å². The summed E-state index contributed by atoms with van der Waals surface area (Å²) in [6.07, 6.45) is -1.03. The van der Waals surface area contributed by atoms with Gasteiger partial charge >= 0.3 is 5.69 Å². The second-order valence-corrected chi connectivity index (χ2v) is 4.00. The number of nitrogens with zero attached hydrogens (tertiary/aromatic N) is 3. The molecule has 8 nitrogen and oxygen atoms in total. The first-order valence-corrected chi connectivity index (χ1v) is 5.19. The molecule has 0 radical (unpaired) electrons. The van der Waals surface area contributed by atoms with Crippen molar-refractivity contribution in [3.8, 4) is 0 Å². The molecule has 4 N–H and O–H groups in total. The van der Waals surface area contributed by atoms with Crippen molar-refractivity contribution >= 4 is 5.95 Å². The molecule has 0 saturated carbocycles. The largest absolute Gasteiger partial charge is 0.394 e. The highest BCUT2D eigenvalue weighted by molar-refractivity contribution is 5.10. The highest BCUT2D eigenvalue weighted by Gasteiger charge is 2.41. The van der Waals surface area contributed by atoms with Gasteiger partial charge in [0.15, 0.2) is 0 Å². The number of anilines is 1. The summed E-state index contributed by atoms with van der Waals surface area (Å²) in [5.41, 5.74) is 4.68. The Bertz CT molecular complexity index is 463. The van der Waals surface area contributed by atoms with E-state index in [1.807, 2.05) is 0 Å². The normalized spacial score (nSPS) is 32.9. The summed E-state index contributed by atoms with van der Waals surface area (Å²) in [4.78, 5) is 18.8. The third kappa shape index (κ3) is 2.02. The molecule has 0 aromatic carbocycles. The van der Waals surface area contributed by atoms with E-state index >= 15 is 0 Å². The van der Waals surface area contributed by atoms with E-state index in [0.717, 1.165) is 4.57 Å². The zero-order chi connectivity index (χ0) is 12.6. The third-order valence-corrected chi connectivity index (χ3v) is 2.88. The Morgan fingerprint density at radius 2 is 2.35 bits per heavy atom. The fourth-order valence-corrected chi connectivity index (χ4v) is 1.89. The van der Waals surface area contributed by atoms with Gasteiger partial charge in [0, 0.05) is 5.92 Å². The predicted octanol–water partition coefficient (Wildman–Crippen LogP) is -1.89. The number of aromatic nitrogens is 3. The molecule has 1 fully saturated rings. The highest BCUT2D eigenvalue weighted by Crippen LogP contribution is 2.33. The second kappa shape index (κ2) is 4.40. The van der Waals surface area contributed by atoms with E-state index in [1.165, 1.54) is 6.33 Å². The topological polar surface area (TPSA) is 123 Å². The van der Waals surface area contributed by atoms with Gasteiger partial charge in [0.25, 0.3) is 0 Å². The van der Waals surface area contributed by atoms with Crippen LogP contribution in [-0.4, -0.2) is 43.6 Å². The molecule has 1 aliphatic rings. The maximum atomic E-state index is 11.6. The first-order valence-electron chi connectivity index (χ1n) is 5.19. The van der Waals surface area contributed by atoms with Gasteiger partial charge in [-0.2, -0.15) is 4.98 Å². The average molecular weight is 242 g/mol. The van der Waals surface area contributed by atoms with Gasteiger partial charge in [-0.25, -0.2) is 9.78 Å². The molecule has 0 amide bonds. The molecule has 1 unspecified atom stereocenters. The lowest BCUT2D eigenvalue weighted by Crippen LogP contribution is -2.31. The highest BCUT2D eigenvalue weighted by atomic mass is 16.5. The molecule has 94 valence electrons. The van der Waals surface area contributed by atoms with Gasteiger partial charge in [-0.1, -0.05) is 6.92 Å². The van der Waals surface area contributed by atoms with Crippen LogP contribution in [0.4, 0.5) is 5.95 Å². The zero-order valence-corrected chi connectivity index (χ0v) is 9.22. The number of hydrogen-bond donors (Lipinski definition) is 3. The molecule has 1 aromatic heterocycles. The van der Waals surface area contributed by atoms with Crippen molar-refractivity contribution in [1.82, 2.24) is 14.5 Å². The maximum Gasteiger partial charge on any atom is 0.354 e. The Morgan fingerprint density at radius 3 is 2.88 bits per heavy atom. The van der Waals surface area contributed by atoms with E-state index in [-0.39, 0.29) is 18.5 Å². The van der Waals surface area contributed by atoms with Gasteiger partial charge in [0.1, 0.15) is 18.7 Å². The summed E-state index contributed by atoms with van der Waals surface area (Å²) in [5, 5.41) is 18.8. The third-order valence-electron chi connectivity index (χ3n) is 2.88. The van der Waals surface area contributed by atoms with Crippen molar-refractivity contribution < 1.29 is 14.9 Å². The summed E-state index contributed by atoms with van der Waals surface area (Å²) >= 11 is 0. The first-order chi connectivity index (χ1) is 8.04. The fraction of sp³-hybridized carbons (Fsp3) is 0.667. The minimum absolute atomic E-state index is 0.115. The zero-order valence-electron chi connectivity index (χ0n) is 9.22. The SMILES string of the molecule is C[C@H]1C(n2cnc(N)nc2=O)O[C@H](CO)[C@H]1O. The van der Waals surface area contributed by atoms with Crippen LogP contribution in [0, 0.1) is 5.92 Å². The lowest BCUT2D eigenvalue weighted by atomic mass is 10.0. The molecular weight excluding hydrogens is 228 g/mol. The monoisotopic (exact) mass is 242 g/mol. The standard InChI is InChI=1S/C9H14N4O4/c1-4-6(15)5(2-14)17-7(4)13-3-11-8(10)12-9(13)16/h3-7,14-15H,2H2,1H3,(H2,10,12,16)/t4-,5-,6+,7?/m1/s1. The Labute approximate surface area is 96.7 Å². The van der Waals surface area contributed by atoms with Crippen LogP contribution >= 0.6 is 0 Å². The van der Waals surface area contributed by atoms with Crippen molar-refractivity contribution in [3.63, 3.8) is 0 Å². The predicted molar refractivity (Wildman–Crippen MR) is 56.9 cm³/mol. The van der Waals surface area contributed by atoms with Gasteiger partial charge in [0.2, 0.25) is 5.95 Å². The lowest BCUT2D eigenvalue weighted by molar-refractivity contribution is -0.0480. The Balaban J connectivity index is 2.32. The summed E-state index contributed by atoms with van der Waals surface area (Å²) < 4.78 is 6.54. The van der Waals surface area contributed by atoms with E-state index in [0.29, 0.717) is 0 Å². The number of nitrogens with two attached hydrogens (primary N) is 1. The molecule has 0 spiro atoms. The number of aliphatic hydroxyl groups excluding tert-OH is 2. The van der Waals surface area contributed by atoms with E-state index in [1.54, 1.807) is 6.92 Å².